The summed E-state index contributed by atoms with van der Waals surface area (Å²) in [5.41, 5.74) is -0.804. The molecule has 0 unspecified atom stereocenters. The Bertz CT molecular complexity index is 572. The van der Waals surface area contributed by atoms with Gasteiger partial charge < -0.3 is 14.6 Å². The minimum atomic E-state index is -0.930. The van der Waals surface area contributed by atoms with Crippen LogP contribution in [0.4, 0.5) is 0 Å². The number of hydrogen-bond donors (Lipinski definition) is 1. The summed E-state index contributed by atoms with van der Waals surface area (Å²) in [7, 11) is 0. The lowest BCUT2D eigenvalue weighted by Crippen LogP contribution is -2.56. The monoisotopic (exact) mass is 350 g/mol. The Morgan fingerprint density at radius 3 is 2.44 bits per heavy atom. The van der Waals surface area contributed by atoms with Gasteiger partial charge in [0.15, 0.2) is 0 Å². The van der Waals surface area contributed by atoms with E-state index in [1.807, 2.05) is 0 Å². The molecule has 7 atom stereocenters. The van der Waals surface area contributed by atoms with Crippen LogP contribution in [0.3, 0.4) is 0 Å². The largest absolute Gasteiger partial charge is 0.481 e. The first kappa shape index (κ1) is 18.4. The molecule has 5 nitrogen and oxygen atoms in total. The van der Waals surface area contributed by atoms with Crippen LogP contribution >= 0.6 is 0 Å². The number of carbonyl (C=O) groups excluding carboxylic acids is 2. The van der Waals surface area contributed by atoms with Crippen molar-refractivity contribution in [2.24, 2.45) is 34.5 Å². The first-order valence-corrected chi connectivity index (χ1v) is 9.58. The third-order valence-electron chi connectivity index (χ3n) is 7.84. The van der Waals surface area contributed by atoms with E-state index < -0.39 is 17.3 Å². The van der Waals surface area contributed by atoms with E-state index in [4.69, 9.17) is 4.74 Å². The highest BCUT2D eigenvalue weighted by molar-refractivity contribution is 5.79. The number of hydrogen-bond acceptors (Lipinski definition) is 4. The van der Waals surface area contributed by atoms with Crippen molar-refractivity contribution in [2.75, 3.05) is 0 Å². The lowest BCUT2D eigenvalue weighted by atomic mass is 9.45. The fourth-order valence-corrected chi connectivity index (χ4v) is 6.31. The number of aliphatic carboxylic acids is 1. The maximum absolute atomic E-state index is 11.9. The van der Waals surface area contributed by atoms with Crippen LogP contribution in [-0.2, 0) is 19.1 Å². The molecule has 3 saturated carbocycles. The van der Waals surface area contributed by atoms with Crippen molar-refractivity contribution in [1.82, 2.24) is 0 Å². The number of aldehydes is 1. The Balaban J connectivity index is 1.82. The van der Waals surface area contributed by atoms with Gasteiger partial charge in [-0.1, -0.05) is 6.92 Å². The van der Waals surface area contributed by atoms with Crippen LogP contribution in [-0.4, -0.2) is 29.4 Å². The van der Waals surface area contributed by atoms with Crippen molar-refractivity contribution >= 4 is 18.2 Å². The Labute approximate surface area is 149 Å². The molecule has 0 aromatic heterocycles. The molecular weight excluding hydrogens is 320 g/mol. The molecule has 0 radical (unpaired) electrons. The number of fused-ring (bicyclic) bond motifs is 3. The molecule has 3 aliphatic rings. The van der Waals surface area contributed by atoms with E-state index in [0.717, 1.165) is 44.8 Å². The van der Waals surface area contributed by atoms with Crippen LogP contribution in [0.15, 0.2) is 0 Å². The van der Waals surface area contributed by atoms with Gasteiger partial charge in [0.1, 0.15) is 12.4 Å². The van der Waals surface area contributed by atoms with E-state index in [2.05, 4.69) is 6.92 Å². The van der Waals surface area contributed by atoms with Crippen molar-refractivity contribution in [1.29, 1.82) is 0 Å². The third-order valence-corrected chi connectivity index (χ3v) is 7.84. The molecule has 0 spiro atoms. The number of ether oxygens (including phenoxy) is 1. The first-order chi connectivity index (χ1) is 11.7. The molecule has 3 rings (SSSR count). The van der Waals surface area contributed by atoms with Crippen molar-refractivity contribution in [3.05, 3.63) is 0 Å². The number of rotatable bonds is 3. The average Bonchev–Trinajstić information content (AvgIpc) is 2.54. The highest BCUT2D eigenvalue weighted by Gasteiger charge is 2.59. The maximum atomic E-state index is 11.9. The first-order valence-electron chi connectivity index (χ1n) is 9.58. The minimum Gasteiger partial charge on any atom is -0.481 e. The molecule has 0 bridgehead atoms. The standard InChI is InChI=1S/C20H30O5/c1-12(22)25-14-6-8-19(2)13(10-14)4-5-15-16(19)7-9-20(3,18(23)24)17(15)11-21/h11,13-17H,4-10H2,1-3H3,(H,23,24)/t13-,14-,15+,16-,17-,19-,20+/m0/s1. The number of carboxylic acids is 1. The van der Waals surface area contributed by atoms with Gasteiger partial charge in [0.2, 0.25) is 0 Å². The topological polar surface area (TPSA) is 80.7 Å². The van der Waals surface area contributed by atoms with Crippen LogP contribution in [0.2, 0.25) is 0 Å². The molecule has 3 fully saturated rings. The normalized spacial score (nSPS) is 46.4. The molecule has 25 heavy (non-hydrogen) atoms. The van der Waals surface area contributed by atoms with Crippen LogP contribution in [0.5, 0.6) is 0 Å². The molecule has 1 N–H and O–H groups in total. The molecule has 0 heterocycles. The zero-order valence-corrected chi connectivity index (χ0v) is 15.5. The summed E-state index contributed by atoms with van der Waals surface area (Å²) in [6.07, 6.45) is 7.05. The summed E-state index contributed by atoms with van der Waals surface area (Å²) in [5.74, 6) is -0.390. The lowest BCUT2D eigenvalue weighted by Gasteiger charge is -2.59. The van der Waals surface area contributed by atoms with E-state index in [1.165, 1.54) is 6.92 Å². The van der Waals surface area contributed by atoms with E-state index in [9.17, 15) is 19.5 Å². The zero-order chi connectivity index (χ0) is 18.4. The quantitative estimate of drug-likeness (QED) is 0.623. The molecule has 0 aliphatic heterocycles. The van der Waals surface area contributed by atoms with E-state index in [-0.39, 0.29) is 23.4 Å². The third kappa shape index (κ3) is 2.89. The van der Waals surface area contributed by atoms with Crippen molar-refractivity contribution in [2.45, 2.75) is 71.8 Å². The zero-order valence-electron chi connectivity index (χ0n) is 15.5. The van der Waals surface area contributed by atoms with Gasteiger partial charge in [-0.2, -0.15) is 0 Å². The van der Waals surface area contributed by atoms with Gasteiger partial charge in [-0.25, -0.2) is 0 Å². The summed E-state index contributed by atoms with van der Waals surface area (Å²) < 4.78 is 5.46. The molecule has 0 aromatic carbocycles. The molecule has 5 heteroatoms. The van der Waals surface area contributed by atoms with Crippen LogP contribution in [0, 0.1) is 34.5 Å². The second-order valence-electron chi connectivity index (χ2n) is 8.98. The smallest absolute Gasteiger partial charge is 0.310 e. The highest BCUT2D eigenvalue weighted by Crippen LogP contribution is 2.62. The van der Waals surface area contributed by atoms with E-state index in [0.29, 0.717) is 18.3 Å². The maximum Gasteiger partial charge on any atom is 0.310 e. The predicted molar refractivity (Wildman–Crippen MR) is 91.7 cm³/mol. The van der Waals surface area contributed by atoms with E-state index in [1.54, 1.807) is 6.92 Å². The highest BCUT2D eigenvalue weighted by atomic mass is 16.5. The summed E-state index contributed by atoms with van der Waals surface area (Å²) >= 11 is 0. The second kappa shape index (κ2) is 6.40. The SMILES string of the molecule is CC(=O)O[C@H]1CC[C@@]2(C)[C@@H](CC[C@@H]3[C@@H]2CC[C@@](C)(C(=O)O)[C@H]3C=O)C1. The molecular formula is C20H30O5. The summed E-state index contributed by atoms with van der Waals surface area (Å²) in [4.78, 5) is 35.0. The summed E-state index contributed by atoms with van der Waals surface area (Å²) in [6, 6.07) is 0. The number of carboxylic acid groups (broad SMARTS) is 1. The van der Waals surface area contributed by atoms with Crippen LogP contribution < -0.4 is 0 Å². The Hall–Kier alpha value is -1.39. The minimum absolute atomic E-state index is 0.0156. The fraction of sp³-hybridized carbons (Fsp3) is 0.850. The number of carbonyl (C=O) groups is 3. The van der Waals surface area contributed by atoms with Crippen LogP contribution in [0.25, 0.3) is 0 Å². The molecule has 140 valence electrons. The predicted octanol–water partition coefficient (Wildman–Crippen LogP) is 3.45. The van der Waals surface area contributed by atoms with Gasteiger partial charge in [-0.05, 0) is 75.0 Å². The van der Waals surface area contributed by atoms with Crippen LogP contribution in [0.1, 0.15) is 65.7 Å². The summed E-state index contributed by atoms with van der Waals surface area (Å²) in [6.45, 7) is 5.54. The van der Waals surface area contributed by atoms with Gasteiger partial charge in [0, 0.05) is 12.8 Å². The van der Waals surface area contributed by atoms with Gasteiger partial charge in [0.25, 0.3) is 0 Å². The fourth-order valence-electron chi connectivity index (χ4n) is 6.31. The van der Waals surface area contributed by atoms with Crippen molar-refractivity contribution in [3.8, 4) is 0 Å². The van der Waals surface area contributed by atoms with Crippen molar-refractivity contribution in [3.63, 3.8) is 0 Å². The van der Waals surface area contributed by atoms with Crippen molar-refractivity contribution < 1.29 is 24.2 Å². The molecule has 0 amide bonds. The van der Waals surface area contributed by atoms with Gasteiger partial charge in [-0.3, -0.25) is 9.59 Å². The second-order valence-corrected chi connectivity index (χ2v) is 8.98. The Morgan fingerprint density at radius 2 is 1.84 bits per heavy atom. The Kier molecular flexibility index (Phi) is 4.71. The van der Waals surface area contributed by atoms with E-state index >= 15 is 0 Å². The van der Waals surface area contributed by atoms with Gasteiger partial charge >= 0.3 is 11.9 Å². The lowest BCUT2D eigenvalue weighted by molar-refractivity contribution is -0.173. The van der Waals surface area contributed by atoms with Gasteiger partial charge in [0.05, 0.1) is 5.41 Å². The average molecular weight is 350 g/mol. The summed E-state index contributed by atoms with van der Waals surface area (Å²) in [5, 5.41) is 9.70. The molecule has 0 aromatic rings. The Morgan fingerprint density at radius 1 is 1.12 bits per heavy atom. The number of esters is 1. The van der Waals surface area contributed by atoms with Gasteiger partial charge in [-0.15, -0.1) is 0 Å². The molecule has 0 saturated heterocycles. The molecule has 3 aliphatic carbocycles.